The van der Waals surface area contributed by atoms with E-state index in [9.17, 15) is 13.2 Å². The highest BCUT2D eigenvalue weighted by atomic mass is 32.2. The zero-order valence-electron chi connectivity index (χ0n) is 11.6. The van der Waals surface area contributed by atoms with Gasteiger partial charge >= 0.3 is 0 Å². The Morgan fingerprint density at radius 2 is 1.90 bits per heavy atom. The van der Waals surface area contributed by atoms with Crippen LogP contribution in [0, 0.1) is 6.92 Å². The highest BCUT2D eigenvalue weighted by molar-refractivity contribution is 7.91. The molecule has 1 amide bonds. The molecule has 0 aromatic heterocycles. The van der Waals surface area contributed by atoms with Crippen molar-refractivity contribution in [1.82, 2.24) is 5.32 Å². The number of para-hydroxylation sites is 1. The van der Waals surface area contributed by atoms with E-state index in [4.69, 9.17) is 0 Å². The first kappa shape index (κ1) is 15.0. The molecule has 1 saturated heterocycles. The molecule has 5 nitrogen and oxygen atoms in total. The van der Waals surface area contributed by atoms with Gasteiger partial charge < -0.3 is 10.6 Å². The van der Waals surface area contributed by atoms with Crippen LogP contribution in [0.1, 0.15) is 18.4 Å². The zero-order chi connectivity index (χ0) is 14.6. The quantitative estimate of drug-likeness (QED) is 0.872. The van der Waals surface area contributed by atoms with Gasteiger partial charge in [-0.15, -0.1) is 0 Å². The number of aryl methyl sites for hydroxylation is 1. The zero-order valence-corrected chi connectivity index (χ0v) is 12.4. The molecule has 0 spiro atoms. The number of rotatable bonds is 4. The molecule has 0 bridgehead atoms. The van der Waals surface area contributed by atoms with Crippen LogP contribution in [0.25, 0.3) is 0 Å². The van der Waals surface area contributed by atoms with Gasteiger partial charge in [0.25, 0.3) is 0 Å². The van der Waals surface area contributed by atoms with Crippen LogP contribution in [0.5, 0.6) is 0 Å². The van der Waals surface area contributed by atoms with Crippen molar-refractivity contribution in [2.75, 3.05) is 23.4 Å². The molecule has 0 aliphatic carbocycles. The Labute approximate surface area is 119 Å². The summed E-state index contributed by atoms with van der Waals surface area (Å²) < 4.78 is 22.6. The minimum Gasteiger partial charge on any atom is -0.325 e. The van der Waals surface area contributed by atoms with Crippen LogP contribution in [0.4, 0.5) is 5.69 Å². The van der Waals surface area contributed by atoms with Crippen molar-refractivity contribution >= 4 is 21.4 Å². The number of carbonyl (C=O) groups is 1. The van der Waals surface area contributed by atoms with Gasteiger partial charge in [-0.3, -0.25) is 4.79 Å². The number of hydrogen-bond donors (Lipinski definition) is 2. The minimum atomic E-state index is -2.85. The van der Waals surface area contributed by atoms with Crippen LogP contribution in [-0.4, -0.2) is 38.4 Å². The number of hydrogen-bond acceptors (Lipinski definition) is 4. The van der Waals surface area contributed by atoms with Crippen LogP contribution >= 0.6 is 0 Å². The van der Waals surface area contributed by atoms with Crippen LogP contribution in [-0.2, 0) is 14.6 Å². The molecular weight excluding hydrogens is 276 g/mol. The molecular formula is C14H20N2O3S. The van der Waals surface area contributed by atoms with E-state index >= 15 is 0 Å². The van der Waals surface area contributed by atoms with Gasteiger partial charge in [0.2, 0.25) is 5.91 Å². The third-order valence-corrected chi connectivity index (χ3v) is 5.24. The first-order chi connectivity index (χ1) is 9.46. The summed E-state index contributed by atoms with van der Waals surface area (Å²) in [7, 11) is -2.85. The second kappa shape index (κ2) is 6.37. The first-order valence-corrected chi connectivity index (χ1v) is 8.58. The normalized spacial score (nSPS) is 18.6. The molecule has 1 aliphatic rings. The van der Waals surface area contributed by atoms with E-state index in [2.05, 4.69) is 10.6 Å². The largest absolute Gasteiger partial charge is 0.325 e. The fourth-order valence-electron chi connectivity index (χ4n) is 2.24. The maximum Gasteiger partial charge on any atom is 0.238 e. The van der Waals surface area contributed by atoms with Crippen LogP contribution in [0.3, 0.4) is 0 Å². The van der Waals surface area contributed by atoms with Crippen molar-refractivity contribution in [2.45, 2.75) is 25.8 Å². The Bertz CT molecular complexity index is 570. The average molecular weight is 296 g/mol. The number of carbonyl (C=O) groups excluding carboxylic acids is 1. The second-order valence-corrected chi connectivity index (χ2v) is 7.47. The predicted molar refractivity (Wildman–Crippen MR) is 79.5 cm³/mol. The molecule has 6 heteroatoms. The maximum atomic E-state index is 11.8. The van der Waals surface area contributed by atoms with Gasteiger partial charge in [-0.2, -0.15) is 0 Å². The average Bonchev–Trinajstić information content (AvgIpc) is 2.40. The molecule has 2 rings (SSSR count). The molecule has 0 saturated carbocycles. The first-order valence-electron chi connectivity index (χ1n) is 6.75. The third-order valence-electron chi connectivity index (χ3n) is 3.53. The fraction of sp³-hybridized carbons (Fsp3) is 0.500. The van der Waals surface area contributed by atoms with Crippen molar-refractivity contribution in [3.63, 3.8) is 0 Å². The molecule has 0 atom stereocenters. The second-order valence-electron chi connectivity index (χ2n) is 5.17. The molecule has 1 aromatic carbocycles. The summed E-state index contributed by atoms with van der Waals surface area (Å²) in [6.45, 7) is 2.15. The lowest BCUT2D eigenvalue weighted by molar-refractivity contribution is -0.115. The van der Waals surface area contributed by atoms with E-state index in [0.717, 1.165) is 11.3 Å². The highest BCUT2D eigenvalue weighted by Crippen LogP contribution is 2.13. The number of nitrogens with one attached hydrogen (secondary N) is 2. The summed E-state index contributed by atoms with van der Waals surface area (Å²) in [5.41, 5.74) is 1.83. The molecule has 110 valence electrons. The smallest absolute Gasteiger partial charge is 0.238 e. The van der Waals surface area contributed by atoms with E-state index in [1.807, 2.05) is 31.2 Å². The monoisotopic (exact) mass is 296 g/mol. The van der Waals surface area contributed by atoms with E-state index in [-0.39, 0.29) is 30.0 Å². The molecule has 0 radical (unpaired) electrons. The number of amides is 1. The standard InChI is InChI=1S/C14H20N2O3S/c1-11-4-2-3-5-13(11)16-14(17)10-15-12-6-8-20(18,19)9-7-12/h2-5,12,15H,6-10H2,1H3,(H,16,17). The summed E-state index contributed by atoms with van der Waals surface area (Å²) in [5, 5.41) is 5.97. The van der Waals surface area contributed by atoms with Gasteiger partial charge in [-0.25, -0.2) is 8.42 Å². The van der Waals surface area contributed by atoms with Crippen LogP contribution in [0.15, 0.2) is 24.3 Å². The molecule has 1 aliphatic heterocycles. The minimum absolute atomic E-state index is 0.104. The van der Waals surface area contributed by atoms with Crippen molar-refractivity contribution in [2.24, 2.45) is 0 Å². The van der Waals surface area contributed by atoms with E-state index in [1.54, 1.807) is 0 Å². The summed E-state index contributed by atoms with van der Waals surface area (Å²) in [6, 6.07) is 7.71. The van der Waals surface area contributed by atoms with Crippen molar-refractivity contribution < 1.29 is 13.2 Å². The molecule has 1 heterocycles. The van der Waals surface area contributed by atoms with Crippen LogP contribution in [0.2, 0.25) is 0 Å². The topological polar surface area (TPSA) is 75.3 Å². The lowest BCUT2D eigenvalue weighted by Gasteiger charge is -2.22. The molecule has 2 N–H and O–H groups in total. The third kappa shape index (κ3) is 4.31. The van der Waals surface area contributed by atoms with Crippen molar-refractivity contribution in [3.05, 3.63) is 29.8 Å². The summed E-state index contributed by atoms with van der Waals surface area (Å²) in [5.74, 6) is 0.321. The number of benzene rings is 1. The van der Waals surface area contributed by atoms with Gasteiger partial charge in [0, 0.05) is 11.7 Å². The van der Waals surface area contributed by atoms with Crippen molar-refractivity contribution in [3.8, 4) is 0 Å². The summed E-state index contributed by atoms with van der Waals surface area (Å²) >= 11 is 0. The lowest BCUT2D eigenvalue weighted by Crippen LogP contribution is -2.41. The number of anilines is 1. The van der Waals surface area contributed by atoms with Gasteiger partial charge in [0.05, 0.1) is 18.1 Å². The molecule has 1 fully saturated rings. The van der Waals surface area contributed by atoms with E-state index in [1.165, 1.54) is 0 Å². The Hall–Kier alpha value is -1.40. The van der Waals surface area contributed by atoms with Gasteiger partial charge in [0.1, 0.15) is 9.84 Å². The predicted octanol–water partition coefficient (Wildman–Crippen LogP) is 1.10. The molecule has 20 heavy (non-hydrogen) atoms. The Balaban J connectivity index is 1.77. The van der Waals surface area contributed by atoms with Crippen LogP contribution < -0.4 is 10.6 Å². The SMILES string of the molecule is Cc1ccccc1NC(=O)CNC1CCS(=O)(=O)CC1. The molecule has 0 unspecified atom stereocenters. The summed E-state index contributed by atoms with van der Waals surface area (Å²) in [4.78, 5) is 11.8. The lowest BCUT2D eigenvalue weighted by atomic mass is 10.1. The Kier molecular flexibility index (Phi) is 4.77. The summed E-state index contributed by atoms with van der Waals surface area (Å²) in [6.07, 6.45) is 1.17. The van der Waals surface area contributed by atoms with E-state index < -0.39 is 9.84 Å². The Morgan fingerprint density at radius 3 is 2.55 bits per heavy atom. The van der Waals surface area contributed by atoms with Gasteiger partial charge in [-0.1, -0.05) is 18.2 Å². The van der Waals surface area contributed by atoms with Crippen molar-refractivity contribution in [1.29, 1.82) is 0 Å². The number of sulfone groups is 1. The van der Waals surface area contributed by atoms with E-state index in [0.29, 0.717) is 12.8 Å². The Morgan fingerprint density at radius 1 is 1.25 bits per heavy atom. The van der Waals surface area contributed by atoms with Gasteiger partial charge in [0.15, 0.2) is 0 Å². The maximum absolute atomic E-state index is 11.8. The van der Waals surface area contributed by atoms with Gasteiger partial charge in [-0.05, 0) is 31.4 Å². The highest BCUT2D eigenvalue weighted by Gasteiger charge is 2.23. The molecule has 1 aromatic rings. The fourth-order valence-corrected chi connectivity index (χ4v) is 3.73.